The molecule has 0 aliphatic carbocycles. The van der Waals surface area contributed by atoms with E-state index in [1.54, 1.807) is 0 Å². The molecule has 0 unspecified atom stereocenters. The maximum absolute atomic E-state index is 11.8. The van der Waals surface area contributed by atoms with Gasteiger partial charge in [0.2, 0.25) is 5.56 Å². The fraction of sp³-hybridized carbons (Fsp3) is 0.0833. The molecule has 19 heavy (non-hydrogen) atoms. The number of aromatic nitrogens is 2. The molecule has 2 aromatic heterocycles. The topological polar surface area (TPSA) is 95.1 Å². The van der Waals surface area contributed by atoms with Gasteiger partial charge in [0, 0.05) is 17.8 Å². The van der Waals surface area contributed by atoms with Crippen molar-refractivity contribution in [3.8, 4) is 11.8 Å². The summed E-state index contributed by atoms with van der Waals surface area (Å²) in [5.41, 5.74) is -0.0942. The minimum atomic E-state index is -0.415. The minimum Gasteiger partial charge on any atom is -0.384 e. The molecule has 0 atom stereocenters. The number of carbonyl (C=O) groups excluding carboxylic acids is 1. The second kappa shape index (κ2) is 5.95. The fourth-order valence-electron chi connectivity index (χ4n) is 1.27. The van der Waals surface area contributed by atoms with Crippen LogP contribution in [0.1, 0.15) is 15.2 Å². The fourth-order valence-corrected chi connectivity index (χ4v) is 1.96. The van der Waals surface area contributed by atoms with Crippen molar-refractivity contribution in [2.75, 3.05) is 11.9 Å². The van der Waals surface area contributed by atoms with Crippen molar-refractivity contribution in [2.24, 2.45) is 0 Å². The van der Waals surface area contributed by atoms with Gasteiger partial charge in [-0.25, -0.2) is 4.98 Å². The van der Waals surface area contributed by atoms with Crippen molar-refractivity contribution in [1.82, 2.24) is 9.97 Å². The number of aliphatic hydroxyl groups excluding tert-OH is 1. The third kappa shape index (κ3) is 3.51. The van der Waals surface area contributed by atoms with Gasteiger partial charge >= 0.3 is 0 Å². The van der Waals surface area contributed by atoms with Crippen LogP contribution in [-0.4, -0.2) is 27.6 Å². The average molecular weight is 275 g/mol. The monoisotopic (exact) mass is 275 g/mol. The van der Waals surface area contributed by atoms with Crippen molar-refractivity contribution in [3.63, 3.8) is 0 Å². The molecule has 96 valence electrons. The number of aliphatic hydroxyl groups is 1. The minimum absolute atomic E-state index is 0.230. The van der Waals surface area contributed by atoms with E-state index in [1.807, 2.05) is 0 Å². The van der Waals surface area contributed by atoms with Crippen molar-refractivity contribution >= 4 is 22.4 Å². The van der Waals surface area contributed by atoms with Gasteiger partial charge in [0.25, 0.3) is 5.91 Å². The lowest BCUT2D eigenvalue weighted by atomic mass is 10.2. The zero-order chi connectivity index (χ0) is 13.7. The van der Waals surface area contributed by atoms with Crippen LogP contribution in [0.25, 0.3) is 0 Å². The molecule has 0 saturated heterocycles. The first kappa shape index (κ1) is 13.0. The lowest BCUT2D eigenvalue weighted by Crippen LogP contribution is -2.15. The molecule has 0 saturated carbocycles. The van der Waals surface area contributed by atoms with Crippen LogP contribution in [0.3, 0.4) is 0 Å². The molecule has 0 bridgehead atoms. The van der Waals surface area contributed by atoms with Crippen LogP contribution in [0.2, 0.25) is 0 Å². The second-order valence-electron chi connectivity index (χ2n) is 3.39. The summed E-state index contributed by atoms with van der Waals surface area (Å²) in [5.74, 6) is 4.76. The molecule has 0 aromatic carbocycles. The van der Waals surface area contributed by atoms with Gasteiger partial charge in [0.15, 0.2) is 5.13 Å². The Balaban J connectivity index is 2.11. The molecule has 0 aliphatic rings. The molecule has 0 aliphatic heterocycles. The van der Waals surface area contributed by atoms with Crippen molar-refractivity contribution in [1.29, 1.82) is 0 Å². The first-order valence-corrected chi connectivity index (χ1v) is 6.06. The zero-order valence-electron chi connectivity index (χ0n) is 9.64. The third-order valence-corrected chi connectivity index (χ3v) is 2.88. The Bertz CT molecular complexity index is 708. The largest absolute Gasteiger partial charge is 0.384 e. The zero-order valence-corrected chi connectivity index (χ0v) is 10.5. The van der Waals surface area contributed by atoms with Crippen LogP contribution in [-0.2, 0) is 0 Å². The van der Waals surface area contributed by atoms with Gasteiger partial charge in [-0.05, 0) is 6.07 Å². The summed E-state index contributed by atoms with van der Waals surface area (Å²) in [7, 11) is 0. The molecular formula is C12H9N3O3S. The van der Waals surface area contributed by atoms with E-state index in [4.69, 9.17) is 5.11 Å². The number of carbonyl (C=O) groups is 1. The van der Waals surface area contributed by atoms with Gasteiger partial charge in [-0.2, -0.15) is 0 Å². The molecule has 0 spiro atoms. The average Bonchev–Trinajstić information content (AvgIpc) is 2.84. The Labute approximate surface area is 112 Å². The van der Waals surface area contributed by atoms with E-state index in [1.165, 1.54) is 35.9 Å². The molecular weight excluding hydrogens is 266 g/mol. The number of nitrogens with zero attached hydrogens (tertiary/aromatic N) is 1. The van der Waals surface area contributed by atoms with Crippen molar-refractivity contribution in [2.45, 2.75) is 0 Å². The van der Waals surface area contributed by atoms with Gasteiger partial charge in [-0.15, -0.1) is 0 Å². The highest BCUT2D eigenvalue weighted by Crippen LogP contribution is 2.17. The summed E-state index contributed by atoms with van der Waals surface area (Å²) >= 11 is 1.19. The maximum atomic E-state index is 11.8. The first-order valence-electron chi connectivity index (χ1n) is 5.24. The first-order chi connectivity index (χ1) is 9.19. The summed E-state index contributed by atoms with van der Waals surface area (Å²) in [5, 5.41) is 11.5. The van der Waals surface area contributed by atoms with E-state index in [0.717, 1.165) is 0 Å². The van der Waals surface area contributed by atoms with E-state index in [2.05, 4.69) is 27.1 Å². The Kier molecular flexibility index (Phi) is 4.07. The number of thiazole rings is 1. The van der Waals surface area contributed by atoms with Crippen LogP contribution >= 0.6 is 11.3 Å². The van der Waals surface area contributed by atoms with E-state index < -0.39 is 5.91 Å². The van der Waals surface area contributed by atoms with Crippen LogP contribution in [0.5, 0.6) is 0 Å². The summed E-state index contributed by atoms with van der Waals surface area (Å²) in [6.07, 6.45) is 2.90. The normalized spacial score (nSPS) is 9.53. The number of amides is 1. The highest BCUT2D eigenvalue weighted by atomic mass is 32.1. The number of anilines is 1. The molecule has 2 heterocycles. The van der Waals surface area contributed by atoms with E-state index in [9.17, 15) is 9.59 Å². The van der Waals surface area contributed by atoms with Crippen LogP contribution < -0.4 is 10.9 Å². The van der Waals surface area contributed by atoms with Crippen molar-refractivity contribution in [3.05, 3.63) is 45.3 Å². The molecule has 6 nitrogen and oxygen atoms in total. The van der Waals surface area contributed by atoms with Crippen LogP contribution in [0.4, 0.5) is 5.13 Å². The number of H-pyrrole nitrogens is 1. The highest BCUT2D eigenvalue weighted by Gasteiger charge is 2.08. The van der Waals surface area contributed by atoms with E-state index >= 15 is 0 Å². The quantitative estimate of drug-likeness (QED) is 0.692. The van der Waals surface area contributed by atoms with Crippen LogP contribution in [0.15, 0.2) is 29.3 Å². The number of aromatic amines is 1. The second-order valence-corrected chi connectivity index (χ2v) is 4.42. The summed E-state index contributed by atoms with van der Waals surface area (Å²) in [6.45, 7) is -0.230. The molecule has 7 heteroatoms. The highest BCUT2D eigenvalue weighted by molar-refractivity contribution is 7.16. The third-order valence-electron chi connectivity index (χ3n) is 2.05. The summed E-state index contributed by atoms with van der Waals surface area (Å²) in [4.78, 5) is 29.9. The Morgan fingerprint density at radius 1 is 1.58 bits per heavy atom. The van der Waals surface area contributed by atoms with Gasteiger partial charge in [0.1, 0.15) is 6.61 Å². The molecule has 2 rings (SSSR count). The Morgan fingerprint density at radius 3 is 3.16 bits per heavy atom. The van der Waals surface area contributed by atoms with Gasteiger partial charge in [-0.3, -0.25) is 14.9 Å². The lowest BCUT2D eigenvalue weighted by molar-refractivity contribution is 0.102. The molecule has 0 fully saturated rings. The number of rotatable bonds is 2. The SMILES string of the molecule is O=C(Nc1ncc(C#CCO)s1)c1cc[nH]c(=O)c1. The molecule has 1 amide bonds. The molecule has 3 N–H and O–H groups in total. The molecule has 0 radical (unpaired) electrons. The van der Waals surface area contributed by atoms with Gasteiger partial charge < -0.3 is 10.1 Å². The number of pyridine rings is 1. The van der Waals surface area contributed by atoms with Crippen LogP contribution in [0, 0.1) is 11.8 Å². The number of hydrogen-bond acceptors (Lipinski definition) is 5. The van der Waals surface area contributed by atoms with Gasteiger partial charge in [-0.1, -0.05) is 23.2 Å². The standard InChI is InChI=1S/C12H9N3O3S/c16-5-1-2-9-7-14-12(19-9)15-11(18)8-3-4-13-10(17)6-8/h3-4,6-7,16H,5H2,(H,13,17)(H,14,15,18). The maximum Gasteiger partial charge on any atom is 0.257 e. The smallest absolute Gasteiger partial charge is 0.257 e. The van der Waals surface area contributed by atoms with Gasteiger partial charge in [0.05, 0.1) is 11.1 Å². The Morgan fingerprint density at radius 2 is 2.42 bits per heavy atom. The van der Waals surface area contributed by atoms with Crippen molar-refractivity contribution < 1.29 is 9.90 Å². The molecule has 2 aromatic rings. The predicted octanol–water partition coefficient (Wildman–Crippen LogP) is 0.427. The predicted molar refractivity (Wildman–Crippen MR) is 71.1 cm³/mol. The summed E-state index contributed by atoms with van der Waals surface area (Å²) < 4.78 is 0. The Hall–Kier alpha value is -2.43. The van der Waals surface area contributed by atoms with E-state index in [-0.39, 0.29) is 17.7 Å². The summed E-state index contributed by atoms with van der Waals surface area (Å²) in [6, 6.07) is 2.70. The number of nitrogens with one attached hydrogen (secondary N) is 2. The van der Waals surface area contributed by atoms with E-state index in [0.29, 0.717) is 10.0 Å². The number of hydrogen-bond donors (Lipinski definition) is 3. The lowest BCUT2D eigenvalue weighted by Gasteiger charge is -1.99.